The van der Waals surface area contributed by atoms with Crippen LogP contribution in [0.1, 0.15) is 29.5 Å². The Morgan fingerprint density at radius 3 is 3.00 bits per heavy atom. The summed E-state index contributed by atoms with van der Waals surface area (Å²) in [7, 11) is 0. The largest absolute Gasteiger partial charge is 0.493 e. The molecule has 1 aromatic carbocycles. The lowest BCUT2D eigenvalue weighted by Gasteiger charge is -2.15. The normalized spacial score (nSPS) is 18.3. The van der Waals surface area contributed by atoms with Crippen LogP contribution in [0.15, 0.2) is 23.6 Å². The van der Waals surface area contributed by atoms with Crippen molar-refractivity contribution >= 4 is 33.8 Å². The summed E-state index contributed by atoms with van der Waals surface area (Å²) in [6.45, 7) is 5.07. The number of ether oxygens (including phenoxy) is 1. The summed E-state index contributed by atoms with van der Waals surface area (Å²) in [6.07, 6.45) is 0.847. The number of aryl methyl sites for hydroxylation is 1. The van der Waals surface area contributed by atoms with E-state index < -0.39 is 5.92 Å². The van der Waals surface area contributed by atoms with Gasteiger partial charge in [-0.1, -0.05) is 0 Å². The maximum absolute atomic E-state index is 12.8. The minimum atomic E-state index is -0.809. The lowest BCUT2D eigenvalue weighted by atomic mass is 9.97. The molecule has 0 spiro atoms. The topological polar surface area (TPSA) is 58.6 Å². The quantitative estimate of drug-likeness (QED) is 0.872. The van der Waals surface area contributed by atoms with Gasteiger partial charge in [-0.25, -0.2) is 0 Å². The van der Waals surface area contributed by atoms with Gasteiger partial charge in [-0.2, -0.15) is 0 Å². The van der Waals surface area contributed by atoms with E-state index in [1.54, 1.807) is 4.90 Å². The van der Waals surface area contributed by atoms with Gasteiger partial charge in [-0.3, -0.25) is 9.59 Å². The third-order valence-corrected chi connectivity index (χ3v) is 5.56. The van der Waals surface area contributed by atoms with Gasteiger partial charge in [-0.15, -0.1) is 11.3 Å². The Balaban J connectivity index is 1.73. The van der Waals surface area contributed by atoms with Gasteiger partial charge in [-0.05, 0) is 48.6 Å². The molecule has 2 aliphatic rings. The van der Waals surface area contributed by atoms with E-state index in [1.807, 2.05) is 37.4 Å². The highest BCUT2D eigenvalue weighted by Crippen LogP contribution is 2.43. The van der Waals surface area contributed by atoms with Crippen LogP contribution in [0.5, 0.6) is 5.75 Å². The van der Waals surface area contributed by atoms with Gasteiger partial charge >= 0.3 is 0 Å². The Hall–Kier alpha value is -2.34. The highest BCUT2D eigenvalue weighted by atomic mass is 32.1. The van der Waals surface area contributed by atoms with Crippen LogP contribution < -0.4 is 15.0 Å². The fourth-order valence-corrected chi connectivity index (χ4v) is 4.19. The van der Waals surface area contributed by atoms with Crippen LogP contribution in [0.25, 0.3) is 0 Å². The molecule has 5 nitrogen and oxygen atoms in total. The zero-order valence-electron chi connectivity index (χ0n) is 13.6. The van der Waals surface area contributed by atoms with Gasteiger partial charge in [0, 0.05) is 24.2 Å². The lowest BCUT2D eigenvalue weighted by Crippen LogP contribution is -2.33. The number of hydrogen-bond acceptors (Lipinski definition) is 4. The van der Waals surface area contributed by atoms with E-state index in [4.69, 9.17) is 4.74 Å². The Kier molecular flexibility index (Phi) is 3.57. The molecule has 0 saturated carbocycles. The van der Waals surface area contributed by atoms with E-state index in [-0.39, 0.29) is 11.8 Å². The first-order valence-electron chi connectivity index (χ1n) is 8.06. The van der Waals surface area contributed by atoms with Gasteiger partial charge < -0.3 is 15.0 Å². The minimum Gasteiger partial charge on any atom is -0.493 e. The number of nitrogens with zero attached hydrogens (tertiary/aromatic N) is 1. The Labute approximate surface area is 144 Å². The molecule has 1 N–H and O–H groups in total. The molecule has 0 aliphatic carbocycles. The smallest absolute Gasteiger partial charge is 0.244 e. The van der Waals surface area contributed by atoms with Crippen molar-refractivity contribution in [2.24, 2.45) is 0 Å². The van der Waals surface area contributed by atoms with Gasteiger partial charge in [0.2, 0.25) is 11.8 Å². The number of thiophene rings is 1. The van der Waals surface area contributed by atoms with Crippen LogP contribution in [-0.4, -0.2) is 25.0 Å². The number of carbonyl (C=O) groups excluding carboxylic acids is 2. The fourth-order valence-electron chi connectivity index (χ4n) is 3.37. The zero-order valence-corrected chi connectivity index (χ0v) is 14.4. The van der Waals surface area contributed by atoms with Gasteiger partial charge in [0.05, 0.1) is 11.6 Å². The van der Waals surface area contributed by atoms with Crippen LogP contribution in [0.3, 0.4) is 0 Å². The number of fused-ring (bicyclic) bond motifs is 2. The van der Waals surface area contributed by atoms with Crippen LogP contribution in [-0.2, 0) is 16.0 Å². The molecule has 3 heterocycles. The second-order valence-electron chi connectivity index (χ2n) is 6.05. The van der Waals surface area contributed by atoms with Crippen molar-refractivity contribution in [1.29, 1.82) is 0 Å². The van der Waals surface area contributed by atoms with Crippen LogP contribution in [0, 0.1) is 6.92 Å². The SMILES string of the molecule is CCN1C(=O)C(C(=O)Nc2sccc2C)c2cc3c(cc21)CCO3. The van der Waals surface area contributed by atoms with Crippen molar-refractivity contribution in [3.63, 3.8) is 0 Å². The summed E-state index contributed by atoms with van der Waals surface area (Å²) < 4.78 is 5.62. The summed E-state index contributed by atoms with van der Waals surface area (Å²) in [5.41, 5.74) is 3.70. The van der Waals surface area contributed by atoms with Crippen molar-refractivity contribution in [3.05, 3.63) is 40.3 Å². The summed E-state index contributed by atoms with van der Waals surface area (Å²) in [5, 5.41) is 5.63. The van der Waals surface area contributed by atoms with Crippen molar-refractivity contribution in [1.82, 2.24) is 0 Å². The number of hydrogen-bond donors (Lipinski definition) is 1. The molecule has 4 rings (SSSR count). The van der Waals surface area contributed by atoms with E-state index in [1.165, 1.54) is 11.3 Å². The number of rotatable bonds is 3. The second kappa shape index (κ2) is 5.63. The highest BCUT2D eigenvalue weighted by Gasteiger charge is 2.42. The molecular weight excluding hydrogens is 324 g/mol. The summed E-state index contributed by atoms with van der Waals surface area (Å²) in [6, 6.07) is 5.82. The van der Waals surface area contributed by atoms with Crippen LogP contribution in [0.2, 0.25) is 0 Å². The number of amides is 2. The van der Waals surface area contributed by atoms with Crippen LogP contribution in [0.4, 0.5) is 10.7 Å². The number of carbonyl (C=O) groups is 2. The summed E-state index contributed by atoms with van der Waals surface area (Å²) in [4.78, 5) is 27.3. The van der Waals surface area contributed by atoms with E-state index >= 15 is 0 Å². The molecule has 124 valence electrons. The number of likely N-dealkylation sites (N-methyl/N-ethyl adjacent to an activating group) is 1. The van der Waals surface area contributed by atoms with Crippen LogP contribution >= 0.6 is 11.3 Å². The standard InChI is InChI=1S/C18H18N2O3S/c1-3-20-13-8-11-4-6-23-14(11)9-12(13)15(18(20)22)16(21)19-17-10(2)5-7-24-17/h5,7-9,15H,3-4,6H2,1-2H3,(H,19,21). The summed E-state index contributed by atoms with van der Waals surface area (Å²) >= 11 is 1.46. The second-order valence-corrected chi connectivity index (χ2v) is 6.97. The molecule has 2 aliphatic heterocycles. The number of nitrogens with one attached hydrogen (secondary N) is 1. The Morgan fingerprint density at radius 2 is 2.29 bits per heavy atom. The first kappa shape index (κ1) is 15.2. The molecule has 2 aromatic rings. The highest BCUT2D eigenvalue weighted by molar-refractivity contribution is 7.14. The van der Waals surface area contributed by atoms with Gasteiger partial charge in [0.1, 0.15) is 11.7 Å². The maximum atomic E-state index is 12.8. The fraction of sp³-hybridized carbons (Fsp3) is 0.333. The van der Waals surface area contributed by atoms with E-state index in [0.717, 1.165) is 39.5 Å². The van der Waals surface area contributed by atoms with Crippen molar-refractivity contribution in [2.75, 3.05) is 23.4 Å². The first-order valence-corrected chi connectivity index (χ1v) is 8.94. The van der Waals surface area contributed by atoms with Crippen molar-refractivity contribution < 1.29 is 14.3 Å². The number of benzene rings is 1. The Bertz CT molecular complexity index is 843. The third-order valence-electron chi connectivity index (χ3n) is 4.63. The molecule has 1 atom stereocenters. The average Bonchev–Trinajstić information content (AvgIpc) is 3.23. The molecule has 0 saturated heterocycles. The molecular formula is C18H18N2O3S. The van der Waals surface area contributed by atoms with Gasteiger partial charge in [0.25, 0.3) is 0 Å². The van der Waals surface area contributed by atoms with E-state index in [2.05, 4.69) is 5.32 Å². The zero-order chi connectivity index (χ0) is 16.8. The average molecular weight is 342 g/mol. The van der Waals surface area contributed by atoms with E-state index in [0.29, 0.717) is 13.2 Å². The molecule has 0 fully saturated rings. The Morgan fingerprint density at radius 1 is 1.46 bits per heavy atom. The van der Waals surface area contributed by atoms with Crippen molar-refractivity contribution in [2.45, 2.75) is 26.2 Å². The number of anilines is 2. The molecule has 0 radical (unpaired) electrons. The molecule has 1 aromatic heterocycles. The molecule has 0 bridgehead atoms. The molecule has 24 heavy (non-hydrogen) atoms. The van der Waals surface area contributed by atoms with E-state index in [9.17, 15) is 9.59 Å². The third kappa shape index (κ3) is 2.21. The lowest BCUT2D eigenvalue weighted by molar-refractivity contribution is -0.126. The predicted octanol–water partition coefficient (Wildman–Crippen LogP) is 3.08. The maximum Gasteiger partial charge on any atom is 0.244 e. The first-order chi connectivity index (χ1) is 11.6. The molecule has 2 amide bonds. The molecule has 6 heteroatoms. The summed E-state index contributed by atoms with van der Waals surface area (Å²) in [5.74, 6) is -0.455. The molecule has 1 unspecified atom stereocenters. The monoisotopic (exact) mass is 342 g/mol. The van der Waals surface area contributed by atoms with Crippen molar-refractivity contribution in [3.8, 4) is 5.75 Å². The minimum absolute atomic E-state index is 0.164. The van der Waals surface area contributed by atoms with Gasteiger partial charge in [0.15, 0.2) is 0 Å². The predicted molar refractivity (Wildman–Crippen MR) is 94.1 cm³/mol.